The SMILES string of the molecule is COc1ccc([C@H](CC(=O)NCC(C)C)c2c[nH]c3ccc(Cl)cc23)cc1OC. The van der Waals surface area contributed by atoms with E-state index in [0.29, 0.717) is 35.4 Å². The maximum atomic E-state index is 12.7. The zero-order chi connectivity index (χ0) is 21.0. The monoisotopic (exact) mass is 414 g/mol. The molecule has 1 heterocycles. The van der Waals surface area contributed by atoms with Gasteiger partial charge in [0.05, 0.1) is 14.2 Å². The number of halogens is 1. The summed E-state index contributed by atoms with van der Waals surface area (Å²) in [7, 11) is 3.22. The molecule has 0 unspecified atom stereocenters. The topological polar surface area (TPSA) is 63.3 Å². The zero-order valence-electron chi connectivity index (χ0n) is 17.2. The van der Waals surface area contributed by atoms with Crippen LogP contribution in [0, 0.1) is 5.92 Å². The Morgan fingerprint density at radius 1 is 1.10 bits per heavy atom. The Morgan fingerprint density at radius 2 is 1.86 bits per heavy atom. The maximum absolute atomic E-state index is 12.7. The average Bonchev–Trinajstić information content (AvgIpc) is 3.12. The highest BCUT2D eigenvalue weighted by Crippen LogP contribution is 2.38. The maximum Gasteiger partial charge on any atom is 0.220 e. The summed E-state index contributed by atoms with van der Waals surface area (Å²) in [5.74, 6) is 1.53. The van der Waals surface area contributed by atoms with Crippen LogP contribution in [0.5, 0.6) is 11.5 Å². The number of methoxy groups -OCH3 is 2. The summed E-state index contributed by atoms with van der Waals surface area (Å²) in [5, 5.41) is 4.69. The number of hydrogen-bond donors (Lipinski definition) is 2. The molecular formula is C23H27ClN2O3. The third-order valence-corrected chi connectivity index (χ3v) is 5.19. The largest absolute Gasteiger partial charge is 0.493 e. The van der Waals surface area contributed by atoms with Gasteiger partial charge in [-0.05, 0) is 47.4 Å². The first kappa shape index (κ1) is 21.1. The van der Waals surface area contributed by atoms with Crippen LogP contribution in [0.3, 0.4) is 0 Å². The molecule has 154 valence electrons. The van der Waals surface area contributed by atoms with Gasteiger partial charge in [0.15, 0.2) is 11.5 Å². The van der Waals surface area contributed by atoms with Gasteiger partial charge in [-0.1, -0.05) is 31.5 Å². The molecule has 0 spiro atoms. The Morgan fingerprint density at radius 3 is 2.55 bits per heavy atom. The highest BCUT2D eigenvalue weighted by molar-refractivity contribution is 6.31. The minimum absolute atomic E-state index is 0.00913. The van der Waals surface area contributed by atoms with E-state index in [9.17, 15) is 4.79 Å². The van der Waals surface area contributed by atoms with Crippen LogP contribution in [-0.2, 0) is 4.79 Å². The highest BCUT2D eigenvalue weighted by Gasteiger charge is 2.23. The third kappa shape index (κ3) is 4.85. The molecule has 3 rings (SSSR count). The number of carbonyl (C=O) groups is 1. The summed E-state index contributed by atoms with van der Waals surface area (Å²) in [6, 6.07) is 11.5. The van der Waals surface area contributed by atoms with Crippen molar-refractivity contribution in [1.29, 1.82) is 0 Å². The standard InChI is InChI=1S/C23H27ClN2O3/c1-14(2)12-26-23(27)11-17(15-5-8-21(28-3)22(9-15)29-4)19-13-25-20-7-6-16(24)10-18(19)20/h5-10,13-14,17,25H,11-12H2,1-4H3,(H,26,27)/t17-/m0/s1. The van der Waals surface area contributed by atoms with Gasteiger partial charge in [-0.3, -0.25) is 4.79 Å². The van der Waals surface area contributed by atoms with Gasteiger partial charge in [-0.15, -0.1) is 0 Å². The third-order valence-electron chi connectivity index (χ3n) is 4.96. The molecule has 2 N–H and O–H groups in total. The number of hydrogen-bond acceptors (Lipinski definition) is 3. The van der Waals surface area contributed by atoms with Gasteiger partial charge in [-0.25, -0.2) is 0 Å². The molecule has 6 heteroatoms. The van der Waals surface area contributed by atoms with Gasteiger partial charge in [0.1, 0.15) is 0 Å². The number of amides is 1. The van der Waals surface area contributed by atoms with Crippen molar-refractivity contribution < 1.29 is 14.3 Å². The number of ether oxygens (including phenoxy) is 2. The molecule has 0 aliphatic carbocycles. The molecular weight excluding hydrogens is 388 g/mol. The fourth-order valence-electron chi connectivity index (χ4n) is 3.46. The lowest BCUT2D eigenvalue weighted by Gasteiger charge is -2.19. The van der Waals surface area contributed by atoms with Crippen LogP contribution >= 0.6 is 11.6 Å². The molecule has 0 aliphatic heterocycles. The normalized spacial score (nSPS) is 12.2. The number of benzene rings is 2. The van der Waals surface area contributed by atoms with E-state index in [0.717, 1.165) is 22.0 Å². The van der Waals surface area contributed by atoms with Crippen molar-refractivity contribution in [2.75, 3.05) is 20.8 Å². The van der Waals surface area contributed by atoms with E-state index >= 15 is 0 Å². The molecule has 0 radical (unpaired) electrons. The summed E-state index contributed by atoms with van der Waals surface area (Å²) in [5.41, 5.74) is 2.98. The summed E-state index contributed by atoms with van der Waals surface area (Å²) < 4.78 is 10.8. The van der Waals surface area contributed by atoms with Crippen molar-refractivity contribution in [3.63, 3.8) is 0 Å². The lowest BCUT2D eigenvalue weighted by atomic mass is 9.87. The number of aromatic nitrogens is 1. The molecule has 1 aromatic heterocycles. The van der Waals surface area contributed by atoms with E-state index in [1.165, 1.54) is 0 Å². The highest BCUT2D eigenvalue weighted by atomic mass is 35.5. The van der Waals surface area contributed by atoms with Gasteiger partial charge >= 0.3 is 0 Å². The smallest absolute Gasteiger partial charge is 0.220 e. The molecule has 29 heavy (non-hydrogen) atoms. The van der Waals surface area contributed by atoms with Crippen LogP contribution in [-0.4, -0.2) is 31.7 Å². The first-order valence-electron chi connectivity index (χ1n) is 9.68. The Balaban J connectivity index is 2.04. The van der Waals surface area contributed by atoms with Crippen LogP contribution in [0.4, 0.5) is 0 Å². The Kier molecular flexibility index (Phi) is 6.70. The Labute approximate surface area is 176 Å². The molecule has 2 aromatic carbocycles. The van der Waals surface area contributed by atoms with Gasteiger partial charge in [0, 0.05) is 41.0 Å². The van der Waals surface area contributed by atoms with E-state index < -0.39 is 0 Å². The molecule has 0 saturated carbocycles. The van der Waals surface area contributed by atoms with Crippen molar-refractivity contribution in [3.8, 4) is 11.5 Å². The van der Waals surface area contributed by atoms with Crippen LogP contribution in [0.2, 0.25) is 5.02 Å². The van der Waals surface area contributed by atoms with E-state index in [1.807, 2.05) is 42.6 Å². The molecule has 0 fully saturated rings. The van der Waals surface area contributed by atoms with Crippen molar-refractivity contribution >= 4 is 28.4 Å². The van der Waals surface area contributed by atoms with E-state index in [2.05, 4.69) is 24.1 Å². The van der Waals surface area contributed by atoms with E-state index in [1.54, 1.807) is 14.2 Å². The molecule has 5 nitrogen and oxygen atoms in total. The molecule has 0 bridgehead atoms. The quantitative estimate of drug-likeness (QED) is 0.536. The van der Waals surface area contributed by atoms with Gasteiger partial charge < -0.3 is 19.8 Å². The van der Waals surface area contributed by atoms with Crippen LogP contribution < -0.4 is 14.8 Å². The lowest BCUT2D eigenvalue weighted by Crippen LogP contribution is -2.28. The fourth-order valence-corrected chi connectivity index (χ4v) is 3.63. The summed E-state index contributed by atoms with van der Waals surface area (Å²) >= 11 is 6.25. The first-order valence-corrected chi connectivity index (χ1v) is 10.1. The van der Waals surface area contributed by atoms with Crippen LogP contribution in [0.25, 0.3) is 10.9 Å². The van der Waals surface area contributed by atoms with Crippen molar-refractivity contribution in [3.05, 3.63) is 58.7 Å². The minimum atomic E-state index is -0.158. The number of nitrogens with one attached hydrogen (secondary N) is 2. The zero-order valence-corrected chi connectivity index (χ0v) is 18.0. The number of carbonyl (C=O) groups excluding carboxylic acids is 1. The second-order valence-corrected chi connectivity index (χ2v) is 7.94. The van der Waals surface area contributed by atoms with Gasteiger partial charge in [-0.2, -0.15) is 0 Å². The van der Waals surface area contributed by atoms with E-state index in [4.69, 9.17) is 21.1 Å². The van der Waals surface area contributed by atoms with Crippen molar-refractivity contribution in [2.45, 2.75) is 26.2 Å². The first-order chi connectivity index (χ1) is 13.9. The van der Waals surface area contributed by atoms with E-state index in [-0.39, 0.29) is 11.8 Å². The summed E-state index contributed by atoms with van der Waals surface area (Å²) in [6.07, 6.45) is 2.28. The Hall–Kier alpha value is -2.66. The number of fused-ring (bicyclic) bond motifs is 1. The average molecular weight is 415 g/mol. The van der Waals surface area contributed by atoms with Crippen LogP contribution in [0.15, 0.2) is 42.6 Å². The predicted octanol–water partition coefficient (Wildman–Crippen LogP) is 5.13. The fraction of sp³-hybridized carbons (Fsp3) is 0.348. The second-order valence-electron chi connectivity index (χ2n) is 7.50. The Bertz CT molecular complexity index is 997. The molecule has 1 amide bonds. The van der Waals surface area contributed by atoms with Crippen molar-refractivity contribution in [1.82, 2.24) is 10.3 Å². The minimum Gasteiger partial charge on any atom is -0.493 e. The lowest BCUT2D eigenvalue weighted by molar-refractivity contribution is -0.121. The molecule has 1 atom stereocenters. The van der Waals surface area contributed by atoms with Gasteiger partial charge in [0.2, 0.25) is 5.91 Å². The second kappa shape index (κ2) is 9.23. The number of aromatic amines is 1. The molecule has 0 saturated heterocycles. The van der Waals surface area contributed by atoms with Crippen molar-refractivity contribution in [2.24, 2.45) is 5.92 Å². The van der Waals surface area contributed by atoms with Gasteiger partial charge in [0.25, 0.3) is 0 Å². The number of rotatable bonds is 8. The van der Waals surface area contributed by atoms with Crippen LogP contribution in [0.1, 0.15) is 37.3 Å². The number of H-pyrrole nitrogens is 1. The summed E-state index contributed by atoms with van der Waals surface area (Å²) in [6.45, 7) is 4.80. The summed E-state index contributed by atoms with van der Waals surface area (Å²) in [4.78, 5) is 16.0. The predicted molar refractivity (Wildman–Crippen MR) is 117 cm³/mol. The molecule has 3 aromatic rings. The molecule has 0 aliphatic rings.